The summed E-state index contributed by atoms with van der Waals surface area (Å²) in [6.45, 7) is 0.00582. The van der Waals surface area contributed by atoms with E-state index in [9.17, 15) is 8.78 Å². The first-order valence-corrected chi connectivity index (χ1v) is 4.27. The molecular weight excluding hydrogens is 198 g/mol. The molecule has 0 aromatic heterocycles. The van der Waals surface area contributed by atoms with Crippen molar-refractivity contribution in [1.29, 1.82) is 0 Å². The maximum atomic E-state index is 12.8. The fourth-order valence-electron chi connectivity index (χ4n) is 1.04. The average Bonchev–Trinajstić information content (AvgIpc) is 2.10. The van der Waals surface area contributed by atoms with Crippen LogP contribution in [0, 0.1) is 11.6 Å². The minimum absolute atomic E-state index is 0.00582. The Hall–Kier alpha value is -0.670. The van der Waals surface area contributed by atoms with Crippen LogP contribution in [-0.2, 0) is 6.42 Å². The van der Waals surface area contributed by atoms with Crippen LogP contribution >= 0.6 is 11.6 Å². The lowest BCUT2D eigenvalue weighted by Gasteiger charge is -2.02. The van der Waals surface area contributed by atoms with Gasteiger partial charge in [-0.3, -0.25) is 0 Å². The molecular formula is C9H9ClF2O. The molecule has 0 aliphatic heterocycles. The first kappa shape index (κ1) is 10.4. The van der Waals surface area contributed by atoms with E-state index in [1.54, 1.807) is 0 Å². The molecule has 0 radical (unpaired) electrons. The molecule has 1 rings (SSSR count). The standard InChI is InChI=1S/C9H9ClF2O/c10-9-7(11)4-6(2-1-3-13)5-8(9)12/h4-5,13H,1-3H2. The van der Waals surface area contributed by atoms with Gasteiger partial charge in [0.15, 0.2) is 0 Å². The number of halogens is 3. The van der Waals surface area contributed by atoms with Crippen LogP contribution in [0.2, 0.25) is 5.02 Å². The van der Waals surface area contributed by atoms with Crippen molar-refractivity contribution in [2.75, 3.05) is 6.61 Å². The Bertz CT molecular complexity index is 279. The highest BCUT2D eigenvalue weighted by Crippen LogP contribution is 2.20. The van der Waals surface area contributed by atoms with E-state index in [2.05, 4.69) is 0 Å². The average molecular weight is 207 g/mol. The SMILES string of the molecule is OCCCc1cc(F)c(Cl)c(F)c1. The van der Waals surface area contributed by atoms with Crippen molar-refractivity contribution in [1.82, 2.24) is 0 Å². The lowest BCUT2D eigenvalue weighted by atomic mass is 10.1. The largest absolute Gasteiger partial charge is 0.396 e. The Morgan fingerprint density at radius 3 is 2.23 bits per heavy atom. The third-order valence-corrected chi connectivity index (χ3v) is 2.03. The topological polar surface area (TPSA) is 20.2 Å². The van der Waals surface area contributed by atoms with Crippen molar-refractivity contribution < 1.29 is 13.9 Å². The monoisotopic (exact) mass is 206 g/mol. The van der Waals surface area contributed by atoms with Crippen molar-refractivity contribution in [3.05, 3.63) is 34.4 Å². The van der Waals surface area contributed by atoms with Gasteiger partial charge in [0.2, 0.25) is 0 Å². The number of benzene rings is 1. The van der Waals surface area contributed by atoms with Crippen LogP contribution in [0.1, 0.15) is 12.0 Å². The van der Waals surface area contributed by atoms with E-state index in [0.717, 1.165) is 0 Å². The van der Waals surface area contributed by atoms with Crippen LogP contribution in [0.3, 0.4) is 0 Å². The van der Waals surface area contributed by atoms with Gasteiger partial charge in [-0.2, -0.15) is 0 Å². The van der Waals surface area contributed by atoms with Crippen molar-refractivity contribution >= 4 is 11.6 Å². The van der Waals surface area contributed by atoms with E-state index in [1.165, 1.54) is 12.1 Å². The smallest absolute Gasteiger partial charge is 0.145 e. The molecule has 0 aliphatic rings. The van der Waals surface area contributed by atoms with E-state index in [1.807, 2.05) is 0 Å². The Labute approximate surface area is 80.0 Å². The Morgan fingerprint density at radius 1 is 1.23 bits per heavy atom. The minimum Gasteiger partial charge on any atom is -0.396 e. The molecule has 13 heavy (non-hydrogen) atoms. The van der Waals surface area contributed by atoms with Crippen LogP contribution in [0.25, 0.3) is 0 Å². The van der Waals surface area contributed by atoms with Gasteiger partial charge in [0.1, 0.15) is 16.7 Å². The molecule has 4 heteroatoms. The summed E-state index contributed by atoms with van der Waals surface area (Å²) in [6.07, 6.45) is 0.933. The summed E-state index contributed by atoms with van der Waals surface area (Å²) in [5, 5.41) is 8.03. The van der Waals surface area contributed by atoms with Crippen molar-refractivity contribution in [3.63, 3.8) is 0 Å². The fourth-order valence-corrected chi connectivity index (χ4v) is 1.14. The van der Waals surface area contributed by atoms with Gasteiger partial charge in [0.25, 0.3) is 0 Å². The van der Waals surface area contributed by atoms with Crippen LogP contribution in [-0.4, -0.2) is 11.7 Å². The molecule has 0 amide bonds. The Balaban J connectivity index is 2.86. The van der Waals surface area contributed by atoms with Crippen LogP contribution in [0.4, 0.5) is 8.78 Å². The van der Waals surface area contributed by atoms with Crippen LogP contribution in [0.15, 0.2) is 12.1 Å². The summed E-state index contributed by atoms with van der Waals surface area (Å²) in [7, 11) is 0. The third-order valence-electron chi connectivity index (χ3n) is 1.67. The van der Waals surface area contributed by atoms with Crippen molar-refractivity contribution in [2.45, 2.75) is 12.8 Å². The molecule has 0 bridgehead atoms. The number of hydrogen-bond acceptors (Lipinski definition) is 1. The summed E-state index contributed by atoms with van der Waals surface area (Å²) in [6, 6.07) is 2.36. The van der Waals surface area contributed by atoms with Crippen molar-refractivity contribution in [3.8, 4) is 0 Å². The molecule has 0 saturated heterocycles. The Kier molecular flexibility index (Phi) is 3.63. The van der Waals surface area contributed by atoms with Gasteiger partial charge < -0.3 is 5.11 Å². The molecule has 72 valence electrons. The summed E-state index contributed by atoms with van der Waals surface area (Å²) < 4.78 is 25.7. The maximum Gasteiger partial charge on any atom is 0.145 e. The van der Waals surface area contributed by atoms with Gasteiger partial charge in [0.05, 0.1) is 0 Å². The molecule has 0 heterocycles. The summed E-state index contributed by atoms with van der Waals surface area (Å²) in [5.41, 5.74) is 0.508. The predicted molar refractivity (Wildman–Crippen MR) is 46.8 cm³/mol. The first-order chi connectivity index (χ1) is 6.15. The van der Waals surface area contributed by atoms with E-state index in [0.29, 0.717) is 18.4 Å². The van der Waals surface area contributed by atoms with Gasteiger partial charge in [-0.1, -0.05) is 11.6 Å². The molecule has 0 unspecified atom stereocenters. The molecule has 0 aliphatic carbocycles. The van der Waals surface area contributed by atoms with Gasteiger partial charge >= 0.3 is 0 Å². The van der Waals surface area contributed by atoms with Crippen LogP contribution < -0.4 is 0 Å². The molecule has 0 atom stereocenters. The van der Waals surface area contributed by atoms with E-state index in [4.69, 9.17) is 16.7 Å². The summed E-state index contributed by atoms with van der Waals surface area (Å²) >= 11 is 5.28. The van der Waals surface area contributed by atoms with Gasteiger partial charge in [-0.05, 0) is 30.5 Å². The first-order valence-electron chi connectivity index (χ1n) is 3.89. The number of rotatable bonds is 3. The molecule has 0 spiro atoms. The second-order valence-corrected chi connectivity index (χ2v) is 3.08. The molecule has 0 fully saturated rings. The van der Waals surface area contributed by atoms with Gasteiger partial charge in [0, 0.05) is 6.61 Å². The van der Waals surface area contributed by atoms with E-state index >= 15 is 0 Å². The summed E-state index contributed by atoms with van der Waals surface area (Å²) in [4.78, 5) is 0. The van der Waals surface area contributed by atoms with Gasteiger partial charge in [-0.15, -0.1) is 0 Å². The van der Waals surface area contributed by atoms with Crippen LogP contribution in [0.5, 0.6) is 0 Å². The predicted octanol–water partition coefficient (Wildman–Crippen LogP) is 2.54. The number of aliphatic hydroxyl groups excluding tert-OH is 1. The highest BCUT2D eigenvalue weighted by molar-refractivity contribution is 6.30. The zero-order chi connectivity index (χ0) is 9.84. The molecule has 0 saturated carbocycles. The quantitative estimate of drug-likeness (QED) is 0.754. The lowest BCUT2D eigenvalue weighted by molar-refractivity contribution is 0.288. The van der Waals surface area contributed by atoms with Crippen molar-refractivity contribution in [2.24, 2.45) is 0 Å². The second kappa shape index (κ2) is 4.53. The normalized spacial score (nSPS) is 10.5. The number of hydrogen-bond donors (Lipinski definition) is 1. The zero-order valence-electron chi connectivity index (χ0n) is 6.86. The highest BCUT2D eigenvalue weighted by Gasteiger charge is 2.07. The van der Waals surface area contributed by atoms with Gasteiger partial charge in [-0.25, -0.2) is 8.78 Å². The van der Waals surface area contributed by atoms with E-state index < -0.39 is 16.7 Å². The second-order valence-electron chi connectivity index (χ2n) is 2.70. The lowest BCUT2D eigenvalue weighted by Crippen LogP contribution is -1.93. The number of aliphatic hydroxyl groups is 1. The zero-order valence-corrected chi connectivity index (χ0v) is 7.61. The molecule has 1 nitrogen and oxygen atoms in total. The van der Waals surface area contributed by atoms with E-state index in [-0.39, 0.29) is 6.61 Å². The molecule has 1 aromatic rings. The molecule has 1 aromatic carbocycles. The highest BCUT2D eigenvalue weighted by atomic mass is 35.5. The Morgan fingerprint density at radius 2 is 1.77 bits per heavy atom. The fraction of sp³-hybridized carbons (Fsp3) is 0.333. The number of aryl methyl sites for hydroxylation is 1. The minimum atomic E-state index is -0.755. The maximum absolute atomic E-state index is 12.8. The third kappa shape index (κ3) is 2.64. The summed E-state index contributed by atoms with van der Waals surface area (Å²) in [5.74, 6) is -1.51. The molecule has 1 N–H and O–H groups in total.